The maximum Gasteiger partial charge on any atom is 0.151 e. The fourth-order valence-electron chi connectivity index (χ4n) is 2.22. The number of halogens is 1. The molecule has 0 amide bonds. The molecule has 0 N–H and O–H groups in total. The second-order valence-corrected chi connectivity index (χ2v) is 6.53. The van der Waals surface area contributed by atoms with E-state index in [-0.39, 0.29) is 0 Å². The van der Waals surface area contributed by atoms with Crippen molar-refractivity contribution in [2.45, 2.75) is 12.5 Å². The molecular formula is C20H15B3BrNO2. The van der Waals surface area contributed by atoms with Crippen molar-refractivity contribution < 1.29 is 9.53 Å². The number of aryl methyl sites for hydroxylation is 1. The minimum Gasteiger partial charge on any atom is -0.457 e. The molecule has 3 aromatic rings. The van der Waals surface area contributed by atoms with Crippen LogP contribution in [0, 0.1) is 6.92 Å². The quantitative estimate of drug-likeness (QED) is 0.463. The molecule has 0 aliphatic heterocycles. The molecule has 128 valence electrons. The first kappa shape index (κ1) is 21.0. The van der Waals surface area contributed by atoms with Crippen LogP contribution in [-0.4, -0.2) is 34.8 Å². The molecule has 0 unspecified atom stereocenters. The lowest BCUT2D eigenvalue weighted by atomic mass is 9.58. The molecule has 0 saturated carbocycles. The molecule has 3 rings (SSSR count). The average molecular weight is 414 g/mol. The van der Waals surface area contributed by atoms with Crippen LogP contribution in [0.4, 0.5) is 0 Å². The van der Waals surface area contributed by atoms with Crippen LogP contribution < -0.4 is 4.74 Å². The SMILES string of the molecule is Cc1cc(Br)c(C=O)cc1Oc1ccc(-c2ccccn2)cc1.[B]C([B])[B]. The van der Waals surface area contributed by atoms with Gasteiger partial charge >= 0.3 is 0 Å². The maximum absolute atomic E-state index is 11.1. The summed E-state index contributed by atoms with van der Waals surface area (Å²) in [6.07, 6.45) is 2.58. The number of aldehydes is 1. The third-order valence-electron chi connectivity index (χ3n) is 3.46. The molecule has 27 heavy (non-hydrogen) atoms. The molecule has 6 radical (unpaired) electrons. The maximum atomic E-state index is 11.1. The standard InChI is InChI=1S/C19H14BrNO2.CHB3/c1-13-10-17(20)15(12-22)11-19(13)23-16-7-5-14(6-8-16)18-4-2-3-9-21-18;2-1(3)4/h2-12H,1H3;1H. The lowest BCUT2D eigenvalue weighted by Crippen LogP contribution is -1.92. The number of benzene rings is 2. The van der Waals surface area contributed by atoms with E-state index < -0.39 is 5.62 Å². The topological polar surface area (TPSA) is 39.2 Å². The highest BCUT2D eigenvalue weighted by Gasteiger charge is 2.08. The van der Waals surface area contributed by atoms with Gasteiger partial charge in [-0.05, 0) is 61.0 Å². The van der Waals surface area contributed by atoms with Gasteiger partial charge in [0.25, 0.3) is 0 Å². The number of carbonyl (C=O) groups excluding carboxylic acids is 1. The first-order valence-electron chi connectivity index (χ1n) is 8.12. The van der Waals surface area contributed by atoms with Gasteiger partial charge < -0.3 is 4.74 Å². The number of hydrogen-bond acceptors (Lipinski definition) is 3. The highest BCUT2D eigenvalue weighted by atomic mass is 79.9. The number of nitrogens with zero attached hydrogens (tertiary/aromatic N) is 1. The number of carbonyl (C=O) groups is 1. The summed E-state index contributed by atoms with van der Waals surface area (Å²) < 4.78 is 6.66. The first-order valence-corrected chi connectivity index (χ1v) is 8.91. The van der Waals surface area contributed by atoms with Crippen molar-refractivity contribution in [2.75, 3.05) is 0 Å². The van der Waals surface area contributed by atoms with E-state index in [4.69, 9.17) is 4.74 Å². The van der Waals surface area contributed by atoms with E-state index in [1.807, 2.05) is 55.5 Å². The van der Waals surface area contributed by atoms with Crippen molar-refractivity contribution in [1.82, 2.24) is 4.98 Å². The predicted molar refractivity (Wildman–Crippen MR) is 115 cm³/mol. The highest BCUT2D eigenvalue weighted by Crippen LogP contribution is 2.30. The van der Waals surface area contributed by atoms with Gasteiger partial charge in [-0.15, -0.1) is 5.62 Å². The summed E-state index contributed by atoms with van der Waals surface area (Å²) in [5.74, 6) is 1.38. The van der Waals surface area contributed by atoms with Crippen molar-refractivity contribution in [3.8, 4) is 22.8 Å². The van der Waals surface area contributed by atoms with Crippen LogP contribution in [0.1, 0.15) is 15.9 Å². The lowest BCUT2D eigenvalue weighted by Gasteiger charge is -2.11. The summed E-state index contributed by atoms with van der Waals surface area (Å²) in [4.78, 5) is 15.4. The molecular weight excluding hydrogens is 399 g/mol. The lowest BCUT2D eigenvalue weighted by molar-refractivity contribution is 0.112. The predicted octanol–water partition coefficient (Wildman–Crippen LogP) is 4.62. The summed E-state index contributed by atoms with van der Waals surface area (Å²) >= 11 is 3.37. The zero-order chi connectivity index (χ0) is 19.8. The van der Waals surface area contributed by atoms with Gasteiger partial charge in [0.2, 0.25) is 0 Å². The Balaban J connectivity index is 0.000000596. The van der Waals surface area contributed by atoms with E-state index in [0.29, 0.717) is 17.1 Å². The van der Waals surface area contributed by atoms with Crippen LogP contribution in [0.25, 0.3) is 11.3 Å². The normalized spacial score (nSPS) is 10.0. The first-order chi connectivity index (χ1) is 12.9. The van der Waals surface area contributed by atoms with E-state index >= 15 is 0 Å². The Hall–Kier alpha value is -2.27. The summed E-state index contributed by atoms with van der Waals surface area (Å²) in [7, 11) is 14.0. The Labute approximate surface area is 171 Å². The van der Waals surface area contributed by atoms with Gasteiger partial charge in [-0.3, -0.25) is 9.78 Å². The molecule has 0 bridgehead atoms. The van der Waals surface area contributed by atoms with Crippen LogP contribution in [0.3, 0.4) is 0 Å². The van der Waals surface area contributed by atoms with Crippen LogP contribution in [0.5, 0.6) is 11.5 Å². The van der Waals surface area contributed by atoms with E-state index in [1.54, 1.807) is 12.3 Å². The Morgan fingerprint density at radius 1 is 1.07 bits per heavy atom. The second-order valence-electron chi connectivity index (χ2n) is 5.68. The number of aromatic nitrogens is 1. The number of hydrogen-bond donors (Lipinski definition) is 0. The van der Waals surface area contributed by atoms with Gasteiger partial charge in [0.05, 0.1) is 5.69 Å². The van der Waals surface area contributed by atoms with E-state index in [9.17, 15) is 4.79 Å². The zero-order valence-electron chi connectivity index (χ0n) is 14.8. The van der Waals surface area contributed by atoms with Crippen molar-refractivity contribution in [2.24, 2.45) is 0 Å². The Bertz CT molecular complexity index is 885. The van der Waals surface area contributed by atoms with Crippen molar-refractivity contribution in [3.63, 3.8) is 0 Å². The molecule has 1 aromatic heterocycles. The van der Waals surface area contributed by atoms with Crippen LogP contribution in [0.2, 0.25) is 5.62 Å². The van der Waals surface area contributed by atoms with Crippen LogP contribution in [0.15, 0.2) is 65.3 Å². The smallest absolute Gasteiger partial charge is 0.151 e. The molecule has 1 heterocycles. The summed E-state index contributed by atoms with van der Waals surface area (Å²) in [6.45, 7) is 1.94. The number of rotatable bonds is 4. The number of ether oxygens (including phenoxy) is 1. The zero-order valence-corrected chi connectivity index (χ0v) is 16.4. The molecule has 0 spiro atoms. The third-order valence-corrected chi connectivity index (χ3v) is 4.15. The van der Waals surface area contributed by atoms with Gasteiger partial charge in [-0.2, -0.15) is 0 Å². The monoisotopic (exact) mass is 413 g/mol. The van der Waals surface area contributed by atoms with E-state index in [0.717, 1.165) is 27.6 Å². The summed E-state index contributed by atoms with van der Waals surface area (Å²) in [5.41, 5.74) is 2.80. The Morgan fingerprint density at radius 3 is 2.30 bits per heavy atom. The molecule has 2 aromatic carbocycles. The molecule has 0 aliphatic rings. The minimum absolute atomic E-state index is 0.565. The molecule has 7 heteroatoms. The van der Waals surface area contributed by atoms with Gasteiger partial charge in [0.15, 0.2) is 6.29 Å². The fourth-order valence-corrected chi connectivity index (χ4v) is 2.77. The minimum atomic E-state index is -0.667. The fraction of sp³-hybridized carbons (Fsp3) is 0.100. The summed E-state index contributed by atoms with van der Waals surface area (Å²) in [6, 6.07) is 17.1. The van der Waals surface area contributed by atoms with Gasteiger partial charge in [-0.25, -0.2) is 0 Å². The molecule has 0 aliphatic carbocycles. The highest BCUT2D eigenvalue weighted by molar-refractivity contribution is 9.10. The second kappa shape index (κ2) is 10.2. The third kappa shape index (κ3) is 6.44. The number of pyridine rings is 1. The van der Waals surface area contributed by atoms with E-state index in [2.05, 4.69) is 44.5 Å². The molecule has 0 fully saturated rings. The van der Waals surface area contributed by atoms with Crippen molar-refractivity contribution >= 4 is 45.8 Å². The van der Waals surface area contributed by atoms with Crippen LogP contribution in [-0.2, 0) is 0 Å². The van der Waals surface area contributed by atoms with Gasteiger partial charge in [0, 0.05) is 45.3 Å². The molecule has 0 saturated heterocycles. The van der Waals surface area contributed by atoms with Gasteiger partial charge in [0.1, 0.15) is 11.5 Å². The van der Waals surface area contributed by atoms with Gasteiger partial charge in [-0.1, -0.05) is 22.0 Å². The van der Waals surface area contributed by atoms with E-state index in [1.165, 1.54) is 0 Å². The molecule has 0 atom stereocenters. The Kier molecular flexibility index (Phi) is 7.92. The average Bonchev–Trinajstić information content (AvgIpc) is 2.65. The summed E-state index contributed by atoms with van der Waals surface area (Å²) in [5, 5.41) is 0. The van der Waals surface area contributed by atoms with Crippen LogP contribution >= 0.6 is 15.9 Å². The van der Waals surface area contributed by atoms with Crippen molar-refractivity contribution in [1.29, 1.82) is 0 Å². The Morgan fingerprint density at radius 2 is 1.74 bits per heavy atom. The molecule has 3 nitrogen and oxygen atoms in total. The largest absolute Gasteiger partial charge is 0.457 e. The van der Waals surface area contributed by atoms with Crippen molar-refractivity contribution in [3.05, 3.63) is 76.4 Å².